The van der Waals surface area contributed by atoms with Gasteiger partial charge in [0.1, 0.15) is 0 Å². The molecule has 1 amide bonds. The second-order valence-corrected chi connectivity index (χ2v) is 5.88. The van der Waals surface area contributed by atoms with E-state index in [0.29, 0.717) is 36.6 Å². The van der Waals surface area contributed by atoms with E-state index in [-0.39, 0.29) is 18.4 Å². The molecule has 1 N–H and O–H groups in total. The van der Waals surface area contributed by atoms with Crippen molar-refractivity contribution in [2.24, 2.45) is 0 Å². The number of methoxy groups -OCH3 is 1. The van der Waals surface area contributed by atoms with Crippen molar-refractivity contribution in [2.45, 2.75) is 45.1 Å². The van der Waals surface area contributed by atoms with Crippen LogP contribution in [0.2, 0.25) is 0 Å². The van der Waals surface area contributed by atoms with Crippen molar-refractivity contribution in [2.75, 3.05) is 20.3 Å². The van der Waals surface area contributed by atoms with E-state index in [1.165, 1.54) is 0 Å². The number of hydrogen-bond acceptors (Lipinski definition) is 4. The van der Waals surface area contributed by atoms with Crippen molar-refractivity contribution < 1.29 is 24.2 Å². The molecule has 0 radical (unpaired) electrons. The fourth-order valence-electron chi connectivity index (χ4n) is 3.10. The quantitative estimate of drug-likeness (QED) is 0.829. The van der Waals surface area contributed by atoms with Crippen molar-refractivity contribution >= 4 is 11.9 Å². The van der Waals surface area contributed by atoms with E-state index in [1.54, 1.807) is 25.3 Å². The number of carboxylic acid groups (broad SMARTS) is 1. The molecule has 24 heavy (non-hydrogen) atoms. The Morgan fingerprint density at radius 2 is 2.08 bits per heavy atom. The maximum absolute atomic E-state index is 12.9. The number of carboxylic acids is 1. The third-order valence-electron chi connectivity index (χ3n) is 4.29. The average molecular weight is 335 g/mol. The molecule has 1 aliphatic heterocycles. The molecule has 1 aromatic carbocycles. The van der Waals surface area contributed by atoms with Gasteiger partial charge >= 0.3 is 5.97 Å². The van der Waals surface area contributed by atoms with Crippen LogP contribution in [0.1, 0.15) is 49.4 Å². The third kappa shape index (κ3) is 4.40. The summed E-state index contributed by atoms with van der Waals surface area (Å²) in [6.07, 6.45) is 3.41. The number of hydrogen-bond donors (Lipinski definition) is 1. The monoisotopic (exact) mass is 335 g/mol. The maximum atomic E-state index is 12.9. The summed E-state index contributed by atoms with van der Waals surface area (Å²) in [4.78, 5) is 25.5. The minimum atomic E-state index is -0.823. The average Bonchev–Trinajstić information content (AvgIpc) is 2.59. The highest BCUT2D eigenvalue weighted by Crippen LogP contribution is 2.30. The van der Waals surface area contributed by atoms with Crippen LogP contribution in [-0.2, 0) is 4.79 Å². The maximum Gasteiger partial charge on any atom is 0.303 e. The number of benzene rings is 1. The smallest absolute Gasteiger partial charge is 0.303 e. The Balaban J connectivity index is 2.18. The first kappa shape index (κ1) is 18.1. The molecule has 2 rings (SSSR count). The Morgan fingerprint density at radius 3 is 2.75 bits per heavy atom. The normalized spacial score (nSPS) is 17.4. The Morgan fingerprint density at radius 1 is 1.29 bits per heavy atom. The molecule has 0 bridgehead atoms. The lowest BCUT2D eigenvalue weighted by Gasteiger charge is -2.35. The zero-order chi connectivity index (χ0) is 17.5. The molecule has 0 saturated carbocycles. The molecular formula is C18H25NO5. The van der Waals surface area contributed by atoms with Gasteiger partial charge in [-0.1, -0.05) is 0 Å². The van der Waals surface area contributed by atoms with Crippen LogP contribution >= 0.6 is 0 Å². The van der Waals surface area contributed by atoms with Gasteiger partial charge in [-0.3, -0.25) is 9.59 Å². The minimum absolute atomic E-state index is 0.0139. The third-order valence-corrected chi connectivity index (χ3v) is 4.29. The van der Waals surface area contributed by atoms with Crippen LogP contribution in [-0.4, -0.2) is 48.2 Å². The number of ether oxygens (including phenoxy) is 2. The summed E-state index contributed by atoms with van der Waals surface area (Å²) in [5.41, 5.74) is 0.543. The predicted molar refractivity (Wildman–Crippen MR) is 89.7 cm³/mol. The van der Waals surface area contributed by atoms with Crippen LogP contribution in [0.25, 0.3) is 0 Å². The van der Waals surface area contributed by atoms with Crippen molar-refractivity contribution in [1.82, 2.24) is 4.90 Å². The van der Waals surface area contributed by atoms with Gasteiger partial charge < -0.3 is 19.5 Å². The molecule has 0 spiro atoms. The standard InChI is InChI=1S/C18H25NO5/c1-3-24-16-12-13(7-9-15(16)23-2)18(22)19-11-5-4-6-14(19)8-10-17(20)21/h7,9,12,14H,3-6,8,10-11H2,1-2H3,(H,20,21)/t14-/m1/s1. The summed E-state index contributed by atoms with van der Waals surface area (Å²) >= 11 is 0. The van der Waals surface area contributed by atoms with Gasteiger partial charge in [0.15, 0.2) is 11.5 Å². The van der Waals surface area contributed by atoms with Crippen LogP contribution in [0.3, 0.4) is 0 Å². The summed E-state index contributed by atoms with van der Waals surface area (Å²) < 4.78 is 10.8. The van der Waals surface area contributed by atoms with E-state index in [9.17, 15) is 9.59 Å². The van der Waals surface area contributed by atoms with Gasteiger partial charge in [-0.05, 0) is 50.8 Å². The van der Waals surface area contributed by atoms with Gasteiger partial charge in [0.25, 0.3) is 5.91 Å². The van der Waals surface area contributed by atoms with E-state index in [1.807, 2.05) is 11.8 Å². The van der Waals surface area contributed by atoms with E-state index >= 15 is 0 Å². The molecular weight excluding hydrogens is 310 g/mol. The number of aliphatic carboxylic acids is 1. The predicted octanol–water partition coefficient (Wildman–Crippen LogP) is 2.95. The first-order valence-electron chi connectivity index (χ1n) is 8.40. The lowest BCUT2D eigenvalue weighted by atomic mass is 9.97. The second kappa shape index (κ2) is 8.57. The largest absolute Gasteiger partial charge is 0.493 e. The highest BCUT2D eigenvalue weighted by Gasteiger charge is 2.28. The Kier molecular flexibility index (Phi) is 6.46. The molecule has 6 heteroatoms. The van der Waals surface area contributed by atoms with E-state index in [0.717, 1.165) is 19.3 Å². The molecule has 1 atom stereocenters. The van der Waals surface area contributed by atoms with Crippen molar-refractivity contribution in [3.63, 3.8) is 0 Å². The van der Waals surface area contributed by atoms with Gasteiger partial charge in [-0.25, -0.2) is 0 Å². The molecule has 0 aliphatic carbocycles. The van der Waals surface area contributed by atoms with Gasteiger partial charge in [-0.2, -0.15) is 0 Å². The minimum Gasteiger partial charge on any atom is -0.493 e. The molecule has 0 unspecified atom stereocenters. The van der Waals surface area contributed by atoms with Crippen LogP contribution in [0.5, 0.6) is 11.5 Å². The van der Waals surface area contributed by atoms with Crippen LogP contribution in [0.15, 0.2) is 18.2 Å². The highest BCUT2D eigenvalue weighted by molar-refractivity contribution is 5.95. The molecule has 1 heterocycles. The van der Waals surface area contributed by atoms with Gasteiger partial charge in [-0.15, -0.1) is 0 Å². The summed E-state index contributed by atoms with van der Waals surface area (Å²) in [5.74, 6) is 0.240. The summed E-state index contributed by atoms with van der Waals surface area (Å²) in [6, 6.07) is 5.15. The summed E-state index contributed by atoms with van der Waals surface area (Å²) in [5, 5.41) is 8.91. The molecule has 0 aromatic heterocycles. The number of carbonyl (C=O) groups is 2. The fourth-order valence-corrected chi connectivity index (χ4v) is 3.10. The van der Waals surface area contributed by atoms with Crippen LogP contribution in [0, 0.1) is 0 Å². The van der Waals surface area contributed by atoms with Gasteiger partial charge in [0.05, 0.1) is 13.7 Å². The fraction of sp³-hybridized carbons (Fsp3) is 0.556. The van der Waals surface area contributed by atoms with Gasteiger partial charge in [0, 0.05) is 24.6 Å². The second-order valence-electron chi connectivity index (χ2n) is 5.88. The number of nitrogens with zero attached hydrogens (tertiary/aromatic N) is 1. The van der Waals surface area contributed by atoms with E-state index in [2.05, 4.69) is 0 Å². The first-order chi connectivity index (χ1) is 11.6. The first-order valence-corrected chi connectivity index (χ1v) is 8.40. The van der Waals surface area contributed by atoms with Crippen molar-refractivity contribution in [1.29, 1.82) is 0 Å². The molecule has 1 fully saturated rings. The van der Waals surface area contributed by atoms with E-state index < -0.39 is 5.97 Å². The van der Waals surface area contributed by atoms with Crippen molar-refractivity contribution in [3.8, 4) is 11.5 Å². The SMILES string of the molecule is CCOc1cc(C(=O)N2CCCC[C@@H]2CCC(=O)O)ccc1OC. The van der Waals surface area contributed by atoms with Crippen molar-refractivity contribution in [3.05, 3.63) is 23.8 Å². The van der Waals surface area contributed by atoms with E-state index in [4.69, 9.17) is 14.6 Å². The number of carbonyl (C=O) groups excluding carboxylic acids is 1. The molecule has 1 aromatic rings. The number of amides is 1. The zero-order valence-electron chi connectivity index (χ0n) is 14.3. The number of piperidine rings is 1. The van der Waals surface area contributed by atoms with Crippen LogP contribution < -0.4 is 9.47 Å². The number of rotatable bonds is 7. The molecule has 1 aliphatic rings. The Bertz CT molecular complexity index is 587. The molecule has 132 valence electrons. The van der Waals surface area contributed by atoms with Crippen LogP contribution in [0.4, 0.5) is 0 Å². The Hall–Kier alpha value is -2.24. The van der Waals surface area contributed by atoms with Gasteiger partial charge in [0.2, 0.25) is 0 Å². The highest BCUT2D eigenvalue weighted by atomic mass is 16.5. The zero-order valence-corrected chi connectivity index (χ0v) is 14.3. The molecule has 1 saturated heterocycles. The topological polar surface area (TPSA) is 76.1 Å². The molecule has 6 nitrogen and oxygen atoms in total. The summed E-state index contributed by atoms with van der Waals surface area (Å²) in [7, 11) is 1.56. The number of likely N-dealkylation sites (tertiary alicyclic amines) is 1. The lowest BCUT2D eigenvalue weighted by Crippen LogP contribution is -2.44. The summed E-state index contributed by atoms with van der Waals surface area (Å²) in [6.45, 7) is 3.03. The Labute approximate surface area is 142 Å². The lowest BCUT2D eigenvalue weighted by molar-refractivity contribution is -0.137.